The Labute approximate surface area is 220 Å². The van der Waals surface area contributed by atoms with Gasteiger partial charge in [-0.25, -0.2) is 8.78 Å². The van der Waals surface area contributed by atoms with Gasteiger partial charge in [-0.3, -0.25) is 9.59 Å². The molecule has 2 unspecified atom stereocenters. The Hall–Kier alpha value is -3.72. The molecule has 5 rings (SSSR count). The molecule has 2 amide bonds. The van der Waals surface area contributed by atoms with Crippen molar-refractivity contribution in [3.05, 3.63) is 94.5 Å². The van der Waals surface area contributed by atoms with Crippen molar-refractivity contribution < 1.29 is 28.2 Å². The summed E-state index contributed by atoms with van der Waals surface area (Å²) in [7, 11) is 0. The molecule has 0 saturated carbocycles. The number of aliphatic hydroxyl groups excluding tert-OH is 1. The van der Waals surface area contributed by atoms with Crippen LogP contribution in [0.5, 0.6) is 0 Å². The molecule has 3 atom stereocenters. The number of aliphatic hydroxyl groups is 1. The van der Waals surface area contributed by atoms with Gasteiger partial charge < -0.3 is 25.0 Å². The highest BCUT2D eigenvalue weighted by molar-refractivity contribution is 5.96. The average molecular weight is 524 g/mol. The van der Waals surface area contributed by atoms with Gasteiger partial charge in [0, 0.05) is 37.5 Å². The molecule has 0 spiro atoms. The first kappa shape index (κ1) is 25.9. The SMILES string of the molecule is C[C@H]1CC(Cc2ccccc2)C2CN3/C=C(/C(=O)NCc4ccc(F)cc4F)COCC(O)=C3C(=O)N2C1. The molecule has 2 aromatic carbocycles. The minimum absolute atomic E-state index is 0.0929. The number of piperazine rings is 1. The Morgan fingerprint density at radius 1 is 1.13 bits per heavy atom. The maximum absolute atomic E-state index is 14.0. The van der Waals surface area contributed by atoms with Crippen molar-refractivity contribution in [2.45, 2.75) is 32.4 Å². The third-order valence-corrected chi connectivity index (χ3v) is 7.46. The zero-order valence-corrected chi connectivity index (χ0v) is 21.2. The van der Waals surface area contributed by atoms with Gasteiger partial charge in [0.25, 0.3) is 11.8 Å². The maximum atomic E-state index is 14.0. The second-order valence-corrected chi connectivity index (χ2v) is 10.3. The van der Waals surface area contributed by atoms with Crippen molar-refractivity contribution >= 4 is 11.8 Å². The number of nitrogens with one attached hydrogen (secondary N) is 1. The molecule has 2 saturated heterocycles. The highest BCUT2D eigenvalue weighted by Crippen LogP contribution is 2.36. The Kier molecular flexibility index (Phi) is 7.46. The first-order chi connectivity index (χ1) is 18.3. The molecule has 200 valence electrons. The van der Waals surface area contributed by atoms with Crippen molar-refractivity contribution in [2.75, 3.05) is 26.3 Å². The number of halogens is 2. The predicted octanol–water partition coefficient (Wildman–Crippen LogP) is 3.68. The number of hydrogen-bond acceptors (Lipinski definition) is 5. The van der Waals surface area contributed by atoms with Gasteiger partial charge >= 0.3 is 0 Å². The van der Waals surface area contributed by atoms with Gasteiger partial charge in [-0.15, -0.1) is 0 Å². The fourth-order valence-corrected chi connectivity index (χ4v) is 5.68. The second-order valence-electron chi connectivity index (χ2n) is 10.3. The summed E-state index contributed by atoms with van der Waals surface area (Å²) in [5.41, 5.74) is 1.70. The predicted molar refractivity (Wildman–Crippen MR) is 136 cm³/mol. The van der Waals surface area contributed by atoms with Crippen LogP contribution in [0.25, 0.3) is 0 Å². The number of carbonyl (C=O) groups is 2. The number of nitrogens with zero attached hydrogens (tertiary/aromatic N) is 2. The number of fused-ring (bicyclic) bond motifs is 2. The molecular formula is C29H31F2N3O4. The third kappa shape index (κ3) is 5.43. The number of amides is 2. The van der Waals surface area contributed by atoms with Crippen molar-refractivity contribution in [2.24, 2.45) is 11.8 Å². The lowest BCUT2D eigenvalue weighted by Gasteiger charge is -2.50. The molecular weight excluding hydrogens is 492 g/mol. The summed E-state index contributed by atoms with van der Waals surface area (Å²) >= 11 is 0. The van der Waals surface area contributed by atoms with E-state index >= 15 is 0 Å². The van der Waals surface area contributed by atoms with E-state index in [-0.39, 0.29) is 60.2 Å². The van der Waals surface area contributed by atoms with Crippen molar-refractivity contribution in [1.82, 2.24) is 15.1 Å². The lowest BCUT2D eigenvalue weighted by atomic mass is 9.78. The van der Waals surface area contributed by atoms with E-state index in [1.165, 1.54) is 11.6 Å². The van der Waals surface area contributed by atoms with Crippen molar-refractivity contribution in [3.63, 3.8) is 0 Å². The van der Waals surface area contributed by atoms with Crippen LogP contribution in [-0.2, 0) is 27.3 Å². The zero-order chi connectivity index (χ0) is 26.8. The summed E-state index contributed by atoms with van der Waals surface area (Å²) in [6.07, 6.45) is 3.33. The fraction of sp³-hybridized carbons (Fsp3) is 0.379. The van der Waals surface area contributed by atoms with Gasteiger partial charge in [0.05, 0.1) is 18.2 Å². The Morgan fingerprint density at radius 2 is 1.92 bits per heavy atom. The van der Waals surface area contributed by atoms with Crippen LogP contribution < -0.4 is 5.32 Å². The summed E-state index contributed by atoms with van der Waals surface area (Å²) in [5, 5.41) is 13.4. The fourth-order valence-electron chi connectivity index (χ4n) is 5.68. The van der Waals surface area contributed by atoms with E-state index in [0.29, 0.717) is 19.0 Å². The molecule has 7 nitrogen and oxygen atoms in total. The smallest absolute Gasteiger partial charge is 0.274 e. The van der Waals surface area contributed by atoms with Crippen LogP contribution in [-0.4, -0.2) is 59.1 Å². The minimum atomic E-state index is -0.749. The molecule has 3 heterocycles. The molecule has 0 radical (unpaired) electrons. The van der Waals surface area contributed by atoms with Gasteiger partial charge in [0.2, 0.25) is 0 Å². The Balaban J connectivity index is 1.39. The van der Waals surface area contributed by atoms with E-state index in [9.17, 15) is 23.5 Å². The summed E-state index contributed by atoms with van der Waals surface area (Å²) in [6.45, 7) is 2.71. The number of carbonyl (C=O) groups excluding carboxylic acids is 2. The Bertz CT molecular complexity index is 1280. The third-order valence-electron chi connectivity index (χ3n) is 7.46. The van der Waals surface area contributed by atoms with Gasteiger partial charge in [-0.05, 0) is 36.3 Å². The van der Waals surface area contributed by atoms with E-state index in [4.69, 9.17) is 4.74 Å². The van der Waals surface area contributed by atoms with Crippen LogP contribution >= 0.6 is 0 Å². The molecule has 0 aliphatic carbocycles. The zero-order valence-electron chi connectivity index (χ0n) is 21.2. The summed E-state index contributed by atoms with van der Waals surface area (Å²) < 4.78 is 32.8. The summed E-state index contributed by atoms with van der Waals surface area (Å²) in [4.78, 5) is 30.2. The van der Waals surface area contributed by atoms with E-state index in [1.807, 2.05) is 23.1 Å². The average Bonchev–Trinajstić information content (AvgIpc) is 2.87. The summed E-state index contributed by atoms with van der Waals surface area (Å²) in [6, 6.07) is 13.3. The first-order valence-corrected chi connectivity index (χ1v) is 12.8. The standard InChI is InChI=1S/C29H31F2N3O4/c1-18-9-21(10-19-5-3-2-4-6-19)25-15-33-14-22(16-38-17-26(35)27(33)29(37)34(25)13-18)28(36)32-12-20-7-8-23(30)11-24(20)31/h2-8,11,14,18,21,25,35H,9-10,12-13,15-17H2,1H3,(H,32,36)/b22-14+,27-26?/t18-,21?,25?/m0/s1. The van der Waals surface area contributed by atoms with Crippen LogP contribution in [0.1, 0.15) is 24.5 Å². The van der Waals surface area contributed by atoms with E-state index in [0.717, 1.165) is 25.0 Å². The minimum Gasteiger partial charge on any atom is -0.507 e. The number of hydrogen-bond donors (Lipinski definition) is 2. The van der Waals surface area contributed by atoms with Gasteiger partial charge in [-0.1, -0.05) is 43.3 Å². The highest BCUT2D eigenvalue weighted by Gasteiger charge is 2.45. The van der Waals surface area contributed by atoms with Gasteiger partial charge in [-0.2, -0.15) is 0 Å². The lowest BCUT2D eigenvalue weighted by Crippen LogP contribution is -2.61. The maximum Gasteiger partial charge on any atom is 0.274 e. The normalized spacial score (nSPS) is 25.1. The van der Waals surface area contributed by atoms with E-state index in [2.05, 4.69) is 24.4 Å². The van der Waals surface area contributed by atoms with Crippen LogP contribution in [0.3, 0.4) is 0 Å². The van der Waals surface area contributed by atoms with E-state index < -0.39 is 17.5 Å². The molecule has 9 heteroatoms. The Morgan fingerprint density at radius 3 is 2.68 bits per heavy atom. The molecule has 2 fully saturated rings. The molecule has 3 aliphatic rings. The number of benzene rings is 2. The van der Waals surface area contributed by atoms with Crippen molar-refractivity contribution in [3.8, 4) is 0 Å². The van der Waals surface area contributed by atoms with Crippen molar-refractivity contribution in [1.29, 1.82) is 0 Å². The molecule has 0 aromatic heterocycles. The van der Waals surface area contributed by atoms with Crippen LogP contribution in [0.4, 0.5) is 8.78 Å². The monoisotopic (exact) mass is 523 g/mol. The molecule has 3 aliphatic heterocycles. The summed E-state index contributed by atoms with van der Waals surface area (Å²) in [5.74, 6) is -1.87. The number of rotatable bonds is 5. The molecule has 2 aromatic rings. The number of ether oxygens (including phenoxy) is 1. The number of piperidine rings is 1. The first-order valence-electron chi connectivity index (χ1n) is 12.8. The van der Waals surface area contributed by atoms with Crippen LogP contribution in [0.15, 0.2) is 71.8 Å². The quantitative estimate of drug-likeness (QED) is 0.625. The topological polar surface area (TPSA) is 82.1 Å². The molecule has 38 heavy (non-hydrogen) atoms. The second kappa shape index (κ2) is 10.9. The van der Waals surface area contributed by atoms with Gasteiger partial charge in [0.1, 0.15) is 29.7 Å². The molecule has 0 bridgehead atoms. The lowest BCUT2D eigenvalue weighted by molar-refractivity contribution is -0.140. The van der Waals surface area contributed by atoms with E-state index in [1.54, 1.807) is 11.1 Å². The largest absolute Gasteiger partial charge is 0.507 e. The van der Waals surface area contributed by atoms with Crippen LogP contribution in [0, 0.1) is 23.5 Å². The van der Waals surface area contributed by atoms with Crippen LogP contribution in [0.2, 0.25) is 0 Å². The van der Waals surface area contributed by atoms with Gasteiger partial charge in [0.15, 0.2) is 0 Å². The molecule has 2 N–H and O–H groups in total. The highest BCUT2D eigenvalue weighted by atomic mass is 19.1.